The van der Waals surface area contributed by atoms with Crippen LogP contribution in [-0.4, -0.2) is 25.4 Å². The molecule has 13 heteroatoms. The molecule has 36 heavy (non-hydrogen) atoms. The molecule has 0 radical (unpaired) electrons. The van der Waals surface area contributed by atoms with Gasteiger partial charge >= 0.3 is 0 Å². The Balaban J connectivity index is 1.68. The van der Waals surface area contributed by atoms with Crippen molar-refractivity contribution in [2.24, 2.45) is 0 Å². The van der Waals surface area contributed by atoms with Crippen molar-refractivity contribution in [2.75, 3.05) is 5.32 Å². The van der Waals surface area contributed by atoms with Gasteiger partial charge in [-0.3, -0.25) is 14.9 Å². The first-order chi connectivity index (χ1) is 17.0. The fourth-order valence-electron chi connectivity index (χ4n) is 3.36. The summed E-state index contributed by atoms with van der Waals surface area (Å²) in [5.74, 6) is -0.419. The zero-order valence-corrected chi connectivity index (χ0v) is 18.7. The van der Waals surface area contributed by atoms with E-state index in [9.17, 15) is 32.5 Å². The topological polar surface area (TPSA) is 112 Å². The Hall–Kier alpha value is -4.55. The Morgan fingerprint density at radius 1 is 1.06 bits per heavy atom. The summed E-state index contributed by atoms with van der Waals surface area (Å²) in [6, 6.07) is 10.5. The minimum atomic E-state index is -3.16. The summed E-state index contributed by atoms with van der Waals surface area (Å²) in [6.45, 7) is 3.64. The van der Waals surface area contributed by atoms with E-state index in [4.69, 9.17) is 4.74 Å². The average Bonchev–Trinajstić information content (AvgIpc) is 3.25. The third-order valence-electron chi connectivity index (χ3n) is 5.09. The van der Waals surface area contributed by atoms with Crippen molar-refractivity contribution in [1.29, 1.82) is 0 Å². The molecule has 2 heterocycles. The quantitative estimate of drug-likeness (QED) is 0.183. The molecule has 0 aliphatic heterocycles. The van der Waals surface area contributed by atoms with Crippen molar-refractivity contribution in [2.45, 2.75) is 26.7 Å². The molecule has 0 atom stereocenters. The number of benzene rings is 2. The van der Waals surface area contributed by atoms with Crippen LogP contribution < -0.4 is 10.1 Å². The molecule has 0 aliphatic rings. The van der Waals surface area contributed by atoms with Gasteiger partial charge in [0.2, 0.25) is 0 Å². The summed E-state index contributed by atoms with van der Waals surface area (Å²) in [5, 5.41) is 17.6. The number of alkyl halides is 4. The van der Waals surface area contributed by atoms with Gasteiger partial charge in [0.25, 0.3) is 24.4 Å². The third kappa shape index (κ3) is 5.09. The van der Waals surface area contributed by atoms with Gasteiger partial charge < -0.3 is 10.1 Å². The summed E-state index contributed by atoms with van der Waals surface area (Å²) in [6.07, 6.45) is -6.27. The lowest BCUT2D eigenvalue weighted by atomic mass is 10.1. The lowest BCUT2D eigenvalue weighted by molar-refractivity contribution is -0.384. The number of amides is 1. The molecular formula is C23H17F4N5O4. The molecule has 0 unspecified atom stereocenters. The second-order valence-electron chi connectivity index (χ2n) is 7.80. The van der Waals surface area contributed by atoms with Crippen LogP contribution in [0.25, 0.3) is 5.65 Å². The van der Waals surface area contributed by atoms with Crippen molar-refractivity contribution in [1.82, 2.24) is 14.6 Å². The first kappa shape index (κ1) is 24.6. The number of hydrogen-bond acceptors (Lipinski definition) is 6. The molecule has 0 aliphatic carbocycles. The number of anilines is 1. The number of aromatic nitrogens is 3. The molecule has 1 amide bonds. The molecular weight excluding hydrogens is 486 g/mol. The number of aryl methyl sites for hydroxylation is 2. The monoisotopic (exact) mass is 503 g/mol. The summed E-state index contributed by atoms with van der Waals surface area (Å²) in [5.41, 5.74) is -1.31. The van der Waals surface area contributed by atoms with Gasteiger partial charge in [0.05, 0.1) is 16.7 Å². The van der Waals surface area contributed by atoms with Gasteiger partial charge in [-0.2, -0.15) is 5.10 Å². The highest BCUT2D eigenvalue weighted by atomic mass is 19.3. The summed E-state index contributed by atoms with van der Waals surface area (Å²) in [4.78, 5) is 27.1. The van der Waals surface area contributed by atoms with E-state index in [0.717, 1.165) is 23.3 Å². The van der Waals surface area contributed by atoms with Crippen LogP contribution in [-0.2, 0) is 0 Å². The Labute approximate surface area is 200 Å². The summed E-state index contributed by atoms with van der Waals surface area (Å²) < 4.78 is 59.3. The van der Waals surface area contributed by atoms with Gasteiger partial charge in [0, 0.05) is 18.2 Å². The van der Waals surface area contributed by atoms with Crippen LogP contribution in [0.4, 0.5) is 28.9 Å². The molecule has 4 aromatic rings. The smallest absolute Gasteiger partial charge is 0.280 e. The predicted octanol–water partition coefficient (Wildman–Crippen LogP) is 6.17. The van der Waals surface area contributed by atoms with Gasteiger partial charge in [0.15, 0.2) is 11.3 Å². The van der Waals surface area contributed by atoms with Crippen LogP contribution in [0.2, 0.25) is 0 Å². The van der Waals surface area contributed by atoms with Crippen LogP contribution in [0.3, 0.4) is 0 Å². The van der Waals surface area contributed by atoms with Crippen molar-refractivity contribution in [3.05, 3.63) is 86.9 Å². The molecule has 0 bridgehead atoms. The maximum atomic E-state index is 13.4. The molecule has 9 nitrogen and oxygen atoms in total. The maximum Gasteiger partial charge on any atom is 0.280 e. The first-order valence-electron chi connectivity index (χ1n) is 10.3. The second kappa shape index (κ2) is 9.60. The number of nitro groups is 1. The highest BCUT2D eigenvalue weighted by Gasteiger charge is 2.23. The van der Waals surface area contributed by atoms with Crippen molar-refractivity contribution in [3.8, 4) is 11.5 Å². The van der Waals surface area contributed by atoms with Gasteiger partial charge in [-0.25, -0.2) is 27.1 Å². The number of non-ortho nitro benzene ring substituents is 1. The van der Waals surface area contributed by atoms with E-state index < -0.39 is 40.8 Å². The molecule has 0 saturated carbocycles. The average molecular weight is 503 g/mol. The number of carbonyl (C=O) groups is 1. The van der Waals surface area contributed by atoms with Gasteiger partial charge in [-0.1, -0.05) is 12.1 Å². The zero-order valence-electron chi connectivity index (χ0n) is 18.7. The van der Waals surface area contributed by atoms with Crippen molar-refractivity contribution in [3.63, 3.8) is 0 Å². The Morgan fingerprint density at radius 2 is 1.81 bits per heavy atom. The highest BCUT2D eigenvalue weighted by Crippen LogP contribution is 2.32. The van der Waals surface area contributed by atoms with Crippen molar-refractivity contribution >= 4 is 22.9 Å². The number of halogens is 4. The van der Waals surface area contributed by atoms with Gasteiger partial charge in [0.1, 0.15) is 22.9 Å². The zero-order chi connectivity index (χ0) is 26.1. The van der Waals surface area contributed by atoms with Crippen LogP contribution in [0.1, 0.15) is 45.9 Å². The number of carbonyl (C=O) groups excluding carboxylic acids is 1. The molecule has 2 aromatic carbocycles. The standard InChI is InChI=1S/C23H17F4N5O4/c1-11-3-4-12(2)19(5-11)36-15-7-13(6-14(8-15)32(34)35)28-23(33)17-10-20-29-16(21(24)25)9-18(22(26)27)31(20)30-17/h3-10,21-22H,1-2H3,(H,28,33). The minimum absolute atomic E-state index is 0.0399. The fourth-order valence-corrected chi connectivity index (χ4v) is 3.36. The van der Waals surface area contributed by atoms with E-state index in [1.54, 1.807) is 13.0 Å². The second-order valence-corrected chi connectivity index (χ2v) is 7.80. The lowest BCUT2D eigenvalue weighted by Crippen LogP contribution is -2.13. The third-order valence-corrected chi connectivity index (χ3v) is 5.09. The largest absolute Gasteiger partial charge is 0.457 e. The number of nitrogens with zero attached hydrogens (tertiary/aromatic N) is 4. The number of fused-ring (bicyclic) bond motifs is 1. The number of hydrogen-bond donors (Lipinski definition) is 1. The minimum Gasteiger partial charge on any atom is -0.457 e. The highest BCUT2D eigenvalue weighted by molar-refractivity contribution is 6.03. The van der Waals surface area contributed by atoms with E-state index >= 15 is 0 Å². The SMILES string of the molecule is Cc1ccc(C)c(Oc2cc(NC(=O)c3cc4nc(C(F)F)cc(C(F)F)n4n3)cc([N+](=O)[O-])c2)c1. The van der Waals surface area contributed by atoms with E-state index in [1.807, 2.05) is 19.1 Å². The maximum absolute atomic E-state index is 13.4. The molecule has 2 aromatic heterocycles. The van der Waals surface area contributed by atoms with Crippen molar-refractivity contribution < 1.29 is 32.0 Å². The van der Waals surface area contributed by atoms with Crippen LogP contribution in [0.5, 0.6) is 11.5 Å². The number of rotatable bonds is 7. The van der Waals surface area contributed by atoms with E-state index in [-0.39, 0.29) is 22.8 Å². The van der Waals surface area contributed by atoms with Crippen LogP contribution in [0, 0.1) is 24.0 Å². The lowest BCUT2D eigenvalue weighted by Gasteiger charge is -2.11. The molecule has 0 spiro atoms. The van der Waals surface area contributed by atoms with Crippen LogP contribution >= 0.6 is 0 Å². The number of nitrogens with one attached hydrogen (secondary N) is 1. The Morgan fingerprint density at radius 3 is 2.47 bits per heavy atom. The van der Waals surface area contributed by atoms with E-state index in [1.165, 1.54) is 12.1 Å². The number of ether oxygens (including phenoxy) is 1. The molecule has 0 fully saturated rings. The Kier molecular flexibility index (Phi) is 6.55. The van der Waals surface area contributed by atoms with Gasteiger partial charge in [-0.05, 0) is 37.1 Å². The first-order valence-corrected chi connectivity index (χ1v) is 10.3. The normalized spacial score (nSPS) is 11.3. The molecule has 0 saturated heterocycles. The van der Waals surface area contributed by atoms with Crippen LogP contribution in [0.15, 0.2) is 48.5 Å². The van der Waals surface area contributed by atoms with Gasteiger partial charge in [-0.15, -0.1) is 0 Å². The van der Waals surface area contributed by atoms with E-state index in [0.29, 0.717) is 16.3 Å². The summed E-state index contributed by atoms with van der Waals surface area (Å²) in [7, 11) is 0. The van der Waals surface area contributed by atoms with E-state index in [2.05, 4.69) is 15.4 Å². The Bertz CT molecular complexity index is 1490. The fraction of sp³-hybridized carbons (Fsp3) is 0.174. The number of nitro benzene ring substituents is 1. The molecule has 1 N–H and O–H groups in total. The predicted molar refractivity (Wildman–Crippen MR) is 120 cm³/mol. The molecule has 186 valence electrons. The molecule has 4 rings (SSSR count). The summed E-state index contributed by atoms with van der Waals surface area (Å²) >= 11 is 0.